The molecule has 0 saturated carbocycles. The van der Waals surface area contributed by atoms with E-state index in [0.717, 1.165) is 9.13 Å². The Bertz CT molecular complexity index is 1090. The highest BCUT2D eigenvalue weighted by atomic mass is 127. The highest BCUT2D eigenvalue weighted by molar-refractivity contribution is 14.1. The molecule has 31 heavy (non-hydrogen) atoms. The molecule has 0 saturated heterocycles. The molecule has 0 spiro atoms. The molecule has 158 valence electrons. The maximum Gasteiger partial charge on any atom is 0.251 e. The van der Waals surface area contributed by atoms with Crippen LogP contribution in [0.25, 0.3) is 0 Å². The van der Waals surface area contributed by atoms with Gasteiger partial charge in [0.25, 0.3) is 5.91 Å². The van der Waals surface area contributed by atoms with Crippen LogP contribution in [0.3, 0.4) is 0 Å². The quantitative estimate of drug-likeness (QED) is 0.201. The number of nitrogens with one attached hydrogen (secondary N) is 2. The molecule has 0 fully saturated rings. The van der Waals surface area contributed by atoms with Gasteiger partial charge in [-0.15, -0.1) is 0 Å². The minimum absolute atomic E-state index is 0.00969. The van der Waals surface area contributed by atoms with Gasteiger partial charge in [-0.05, 0) is 75.0 Å². The van der Waals surface area contributed by atoms with Crippen molar-refractivity contribution in [2.75, 3.05) is 0 Å². The largest absolute Gasteiger partial charge is 0.506 e. The monoisotopic (exact) mass is 639 g/mol. The Kier molecular flexibility index (Phi) is 8.41. The van der Waals surface area contributed by atoms with Crippen molar-refractivity contribution in [2.45, 2.75) is 12.5 Å². The number of rotatable bonds is 7. The summed E-state index contributed by atoms with van der Waals surface area (Å²) in [6.07, 6.45) is 1.41. The predicted molar refractivity (Wildman–Crippen MR) is 137 cm³/mol. The fourth-order valence-electron chi connectivity index (χ4n) is 2.86. The van der Waals surface area contributed by atoms with E-state index in [4.69, 9.17) is 0 Å². The van der Waals surface area contributed by atoms with Crippen LogP contribution in [-0.4, -0.2) is 23.1 Å². The number of carbonyl (C=O) groups is 2. The third kappa shape index (κ3) is 6.76. The molecule has 2 amide bonds. The molecule has 0 aliphatic heterocycles. The first kappa shape index (κ1) is 23.2. The van der Waals surface area contributed by atoms with Crippen LogP contribution in [0.4, 0.5) is 0 Å². The SMILES string of the molecule is O=C(C[C@H](NC(=O)c1ccccc1)c1ccccc1)N/N=C\c1cc(I)cc(I)c1O. The van der Waals surface area contributed by atoms with E-state index in [-0.39, 0.29) is 24.0 Å². The summed E-state index contributed by atoms with van der Waals surface area (Å²) in [5.74, 6) is -0.515. The Morgan fingerprint density at radius 3 is 2.32 bits per heavy atom. The molecule has 0 aromatic heterocycles. The van der Waals surface area contributed by atoms with Gasteiger partial charge in [0.2, 0.25) is 5.91 Å². The average Bonchev–Trinajstić information content (AvgIpc) is 2.77. The zero-order valence-electron chi connectivity index (χ0n) is 16.3. The van der Waals surface area contributed by atoms with E-state index < -0.39 is 6.04 Å². The number of nitrogens with zero attached hydrogens (tertiary/aromatic N) is 1. The molecule has 3 N–H and O–H groups in total. The molecule has 0 heterocycles. The summed E-state index contributed by atoms with van der Waals surface area (Å²) in [5, 5.41) is 17.0. The lowest BCUT2D eigenvalue weighted by atomic mass is 10.0. The van der Waals surface area contributed by atoms with Crippen molar-refractivity contribution in [3.63, 3.8) is 0 Å². The van der Waals surface area contributed by atoms with Crippen molar-refractivity contribution in [3.8, 4) is 5.75 Å². The zero-order valence-corrected chi connectivity index (χ0v) is 20.6. The fraction of sp³-hybridized carbons (Fsp3) is 0.0870. The lowest BCUT2D eigenvalue weighted by Crippen LogP contribution is -2.32. The van der Waals surface area contributed by atoms with E-state index >= 15 is 0 Å². The van der Waals surface area contributed by atoms with Crippen LogP contribution < -0.4 is 10.7 Å². The molecule has 3 aromatic rings. The standard InChI is InChI=1S/C23H19I2N3O3/c24-18-11-17(22(30)19(25)12-18)14-26-28-21(29)13-20(15-7-3-1-4-8-15)27-23(31)16-9-5-2-6-10-16/h1-12,14,20,30H,13H2,(H,27,31)(H,28,29)/b26-14-/t20-/m0/s1. The summed E-state index contributed by atoms with van der Waals surface area (Å²) in [4.78, 5) is 25.1. The Morgan fingerprint density at radius 1 is 1.00 bits per heavy atom. The second-order valence-electron chi connectivity index (χ2n) is 6.63. The minimum atomic E-state index is -0.517. The molecular weight excluding hydrogens is 620 g/mol. The summed E-state index contributed by atoms with van der Waals surface area (Å²) in [5.41, 5.74) is 4.32. The number of aromatic hydroxyl groups is 1. The first-order chi connectivity index (χ1) is 14.9. The highest BCUT2D eigenvalue weighted by Crippen LogP contribution is 2.25. The Balaban J connectivity index is 1.69. The van der Waals surface area contributed by atoms with Crippen LogP contribution in [0, 0.1) is 7.14 Å². The number of phenolic OH excluding ortho intramolecular Hbond substituents is 1. The van der Waals surface area contributed by atoms with Crippen molar-refractivity contribution in [3.05, 3.63) is 96.6 Å². The van der Waals surface area contributed by atoms with Gasteiger partial charge in [0, 0.05) is 14.7 Å². The fourth-order valence-corrected chi connectivity index (χ4v) is 4.75. The number of hydrazone groups is 1. The molecular formula is C23H19I2N3O3. The summed E-state index contributed by atoms with van der Waals surface area (Å²) >= 11 is 4.18. The van der Waals surface area contributed by atoms with E-state index in [9.17, 15) is 14.7 Å². The summed E-state index contributed by atoms with van der Waals surface area (Å²) in [6, 6.07) is 21.2. The number of carbonyl (C=O) groups excluding carboxylic acids is 2. The zero-order chi connectivity index (χ0) is 22.2. The van der Waals surface area contributed by atoms with Crippen molar-refractivity contribution < 1.29 is 14.7 Å². The van der Waals surface area contributed by atoms with Gasteiger partial charge < -0.3 is 10.4 Å². The Labute approximate surface area is 207 Å². The van der Waals surface area contributed by atoms with Gasteiger partial charge in [-0.1, -0.05) is 48.5 Å². The van der Waals surface area contributed by atoms with Crippen molar-refractivity contribution in [1.82, 2.24) is 10.7 Å². The second kappa shape index (κ2) is 11.2. The molecule has 0 radical (unpaired) electrons. The van der Waals surface area contributed by atoms with Crippen molar-refractivity contribution in [1.29, 1.82) is 0 Å². The van der Waals surface area contributed by atoms with Gasteiger partial charge in [0.05, 0.1) is 22.2 Å². The van der Waals surface area contributed by atoms with Gasteiger partial charge in [-0.2, -0.15) is 5.10 Å². The van der Waals surface area contributed by atoms with Gasteiger partial charge in [-0.25, -0.2) is 5.43 Å². The molecule has 3 rings (SSSR count). The normalized spacial score (nSPS) is 11.8. The summed E-state index contributed by atoms with van der Waals surface area (Å²) < 4.78 is 1.64. The van der Waals surface area contributed by atoms with Gasteiger partial charge >= 0.3 is 0 Å². The smallest absolute Gasteiger partial charge is 0.251 e. The third-order valence-corrected chi connectivity index (χ3v) is 5.83. The third-order valence-electron chi connectivity index (χ3n) is 4.38. The molecule has 0 aliphatic rings. The molecule has 3 aromatic carbocycles. The van der Waals surface area contributed by atoms with Gasteiger partial charge in [-0.3, -0.25) is 9.59 Å². The lowest BCUT2D eigenvalue weighted by molar-refractivity contribution is -0.121. The molecule has 8 heteroatoms. The topological polar surface area (TPSA) is 90.8 Å². The summed E-state index contributed by atoms with van der Waals surface area (Å²) in [7, 11) is 0. The molecule has 1 atom stereocenters. The van der Waals surface area contributed by atoms with Crippen LogP contribution >= 0.6 is 45.2 Å². The number of benzene rings is 3. The minimum Gasteiger partial charge on any atom is -0.506 e. The summed E-state index contributed by atoms with van der Waals surface area (Å²) in [6.45, 7) is 0. The van der Waals surface area contributed by atoms with Gasteiger partial charge in [0.1, 0.15) is 5.75 Å². The van der Waals surface area contributed by atoms with E-state index in [2.05, 4.69) is 38.4 Å². The molecule has 0 aliphatic carbocycles. The number of hydrogen-bond donors (Lipinski definition) is 3. The lowest BCUT2D eigenvalue weighted by Gasteiger charge is -2.18. The van der Waals surface area contributed by atoms with Crippen molar-refractivity contribution in [2.24, 2.45) is 5.10 Å². The van der Waals surface area contributed by atoms with E-state index in [0.29, 0.717) is 14.7 Å². The first-order valence-electron chi connectivity index (χ1n) is 9.35. The van der Waals surface area contributed by atoms with Crippen LogP contribution in [-0.2, 0) is 4.79 Å². The number of amides is 2. The maximum atomic E-state index is 12.6. The highest BCUT2D eigenvalue weighted by Gasteiger charge is 2.19. The Hall–Kier alpha value is -2.47. The van der Waals surface area contributed by atoms with E-state index in [1.807, 2.05) is 65.1 Å². The first-order valence-corrected chi connectivity index (χ1v) is 11.5. The molecule has 0 unspecified atom stereocenters. The van der Waals surface area contributed by atoms with Gasteiger partial charge in [0.15, 0.2) is 0 Å². The maximum absolute atomic E-state index is 12.6. The Morgan fingerprint density at radius 2 is 1.65 bits per heavy atom. The number of hydrogen-bond acceptors (Lipinski definition) is 4. The number of halogens is 2. The average molecular weight is 639 g/mol. The van der Waals surface area contributed by atoms with E-state index in [1.54, 1.807) is 30.3 Å². The van der Waals surface area contributed by atoms with E-state index in [1.165, 1.54) is 6.21 Å². The van der Waals surface area contributed by atoms with Crippen LogP contribution in [0.2, 0.25) is 0 Å². The predicted octanol–water partition coefficient (Wildman–Crippen LogP) is 4.61. The van der Waals surface area contributed by atoms with Crippen molar-refractivity contribution >= 4 is 63.2 Å². The number of phenols is 1. The van der Waals surface area contributed by atoms with Crippen LogP contribution in [0.1, 0.15) is 33.9 Å². The molecule has 0 bridgehead atoms. The van der Waals surface area contributed by atoms with Crippen LogP contribution in [0.15, 0.2) is 77.9 Å². The van der Waals surface area contributed by atoms with Crippen LogP contribution in [0.5, 0.6) is 5.75 Å². The molecule has 6 nitrogen and oxygen atoms in total. The second-order valence-corrected chi connectivity index (χ2v) is 9.03.